The highest BCUT2D eigenvalue weighted by molar-refractivity contribution is 5.82. The van der Waals surface area contributed by atoms with Gasteiger partial charge in [-0.3, -0.25) is 0 Å². The molecule has 2 N–H and O–H groups in total. The molecule has 2 rings (SSSR count). The zero-order chi connectivity index (χ0) is 21.2. The van der Waals surface area contributed by atoms with Crippen molar-refractivity contribution in [1.82, 2.24) is 5.32 Å². The van der Waals surface area contributed by atoms with E-state index in [1.807, 2.05) is 18.2 Å². The van der Waals surface area contributed by atoms with Gasteiger partial charge in [-0.05, 0) is 24.6 Å². The van der Waals surface area contributed by atoms with Crippen LogP contribution in [-0.2, 0) is 20.9 Å². The minimum atomic E-state index is -1.50. The molecule has 0 bridgehead atoms. The highest BCUT2D eigenvalue weighted by Crippen LogP contribution is 2.35. The number of hydrogen-bond donors (Lipinski definition) is 2. The van der Waals surface area contributed by atoms with Crippen LogP contribution in [0.2, 0.25) is 0 Å². The summed E-state index contributed by atoms with van der Waals surface area (Å²) in [6.07, 6.45) is -2.37. The summed E-state index contributed by atoms with van der Waals surface area (Å²) >= 11 is 0. The number of carbonyl (C=O) groups excluding carboxylic acids is 2. The highest BCUT2D eigenvalue weighted by Gasteiger charge is 2.35. The molecule has 2 aromatic rings. The van der Waals surface area contributed by atoms with Crippen molar-refractivity contribution < 1.29 is 33.6 Å². The minimum Gasteiger partial charge on any atom is -0.496 e. The molecule has 0 fully saturated rings. The number of carbonyl (C=O) groups is 2. The lowest BCUT2D eigenvalue weighted by atomic mass is 10.00. The van der Waals surface area contributed by atoms with E-state index in [0.717, 1.165) is 5.56 Å². The fourth-order valence-electron chi connectivity index (χ4n) is 2.73. The smallest absolute Gasteiger partial charge is 0.408 e. The van der Waals surface area contributed by atoms with Crippen LogP contribution >= 0.6 is 0 Å². The van der Waals surface area contributed by atoms with Gasteiger partial charge >= 0.3 is 12.1 Å². The zero-order valence-corrected chi connectivity index (χ0v) is 16.6. The Bertz CT molecular complexity index is 788. The maximum Gasteiger partial charge on any atom is 0.408 e. The van der Waals surface area contributed by atoms with Crippen LogP contribution in [0.5, 0.6) is 11.5 Å². The molecular formula is C21H25NO7. The van der Waals surface area contributed by atoms with E-state index in [0.29, 0.717) is 11.5 Å². The van der Waals surface area contributed by atoms with Crippen molar-refractivity contribution >= 4 is 12.1 Å². The van der Waals surface area contributed by atoms with Gasteiger partial charge in [0.25, 0.3) is 0 Å². The molecule has 29 heavy (non-hydrogen) atoms. The summed E-state index contributed by atoms with van der Waals surface area (Å²) in [7, 11) is 2.85. The molecule has 8 heteroatoms. The molecule has 0 heterocycles. The number of aliphatic hydroxyl groups is 1. The van der Waals surface area contributed by atoms with E-state index in [-0.39, 0.29) is 18.8 Å². The van der Waals surface area contributed by atoms with Crippen molar-refractivity contribution in [3.8, 4) is 11.5 Å². The van der Waals surface area contributed by atoms with Crippen molar-refractivity contribution in [2.24, 2.45) is 0 Å². The van der Waals surface area contributed by atoms with Crippen LogP contribution in [0.4, 0.5) is 4.79 Å². The van der Waals surface area contributed by atoms with Crippen LogP contribution < -0.4 is 14.8 Å². The van der Waals surface area contributed by atoms with Gasteiger partial charge in [-0.15, -0.1) is 0 Å². The lowest BCUT2D eigenvalue weighted by Crippen LogP contribution is -2.46. The van der Waals surface area contributed by atoms with Gasteiger partial charge in [0.15, 0.2) is 6.04 Å². The Balaban J connectivity index is 2.21. The molecule has 0 aliphatic carbocycles. The second-order valence-corrected chi connectivity index (χ2v) is 5.96. The third kappa shape index (κ3) is 5.86. The molecule has 2 atom stereocenters. The van der Waals surface area contributed by atoms with Crippen LogP contribution in [0.15, 0.2) is 48.5 Å². The lowest BCUT2D eigenvalue weighted by molar-refractivity contribution is -0.148. The molecule has 0 saturated carbocycles. The maximum absolute atomic E-state index is 12.4. The van der Waals surface area contributed by atoms with Gasteiger partial charge in [0.05, 0.1) is 26.4 Å². The van der Waals surface area contributed by atoms with E-state index in [1.165, 1.54) is 14.2 Å². The van der Waals surface area contributed by atoms with Crippen LogP contribution in [0.1, 0.15) is 24.2 Å². The quantitative estimate of drug-likeness (QED) is 0.620. The molecule has 0 aromatic heterocycles. The van der Waals surface area contributed by atoms with E-state index < -0.39 is 24.2 Å². The first-order valence-corrected chi connectivity index (χ1v) is 9.04. The average molecular weight is 403 g/mol. The fourth-order valence-corrected chi connectivity index (χ4v) is 2.73. The SMILES string of the molecule is CCOC(=O)[C@@H](NC(=O)OCc1ccccc1)[C@H](O)c1c(OC)cccc1OC. The summed E-state index contributed by atoms with van der Waals surface area (Å²) in [4.78, 5) is 24.7. The molecule has 0 unspecified atom stereocenters. The molecule has 0 aliphatic rings. The van der Waals surface area contributed by atoms with E-state index in [1.54, 1.807) is 37.3 Å². The van der Waals surface area contributed by atoms with Gasteiger partial charge in [0.2, 0.25) is 0 Å². The van der Waals surface area contributed by atoms with Gasteiger partial charge in [-0.2, -0.15) is 0 Å². The van der Waals surface area contributed by atoms with Crippen LogP contribution in [0, 0.1) is 0 Å². The number of rotatable bonds is 9. The molecule has 8 nitrogen and oxygen atoms in total. The van der Waals surface area contributed by atoms with Gasteiger partial charge in [-0.1, -0.05) is 36.4 Å². The lowest BCUT2D eigenvalue weighted by Gasteiger charge is -2.25. The van der Waals surface area contributed by atoms with Gasteiger partial charge in [0, 0.05) is 0 Å². The Kier molecular flexibility index (Phi) is 8.29. The number of nitrogens with one attached hydrogen (secondary N) is 1. The minimum absolute atomic E-state index is 0.0102. The van der Waals surface area contributed by atoms with Gasteiger partial charge in [-0.25, -0.2) is 9.59 Å². The number of hydrogen-bond acceptors (Lipinski definition) is 7. The number of amides is 1. The number of esters is 1. The number of aliphatic hydroxyl groups excluding tert-OH is 1. The van der Waals surface area contributed by atoms with Crippen molar-refractivity contribution in [1.29, 1.82) is 0 Å². The molecule has 0 aliphatic heterocycles. The Morgan fingerprint density at radius 1 is 0.966 bits per heavy atom. The predicted octanol–water partition coefficient (Wildman–Crippen LogP) is 2.60. The summed E-state index contributed by atoms with van der Waals surface area (Å²) < 4.78 is 20.7. The standard InChI is InChI=1S/C21H25NO7/c1-4-28-20(24)18(22-21(25)29-13-14-9-6-5-7-10-14)19(23)17-15(26-2)11-8-12-16(17)27-3/h5-12,18-19,23H,4,13H2,1-3H3,(H,22,25)/t18-,19+/m0/s1. The Morgan fingerprint density at radius 3 is 2.14 bits per heavy atom. The van der Waals surface area contributed by atoms with E-state index in [4.69, 9.17) is 18.9 Å². The zero-order valence-electron chi connectivity index (χ0n) is 16.6. The highest BCUT2D eigenvalue weighted by atomic mass is 16.6. The summed E-state index contributed by atoms with van der Waals surface area (Å²) in [6.45, 7) is 1.71. The molecule has 0 radical (unpaired) electrons. The molecule has 2 aromatic carbocycles. The average Bonchev–Trinajstić information content (AvgIpc) is 2.75. The predicted molar refractivity (Wildman–Crippen MR) is 105 cm³/mol. The molecule has 0 spiro atoms. The van der Waals surface area contributed by atoms with Crippen molar-refractivity contribution in [3.05, 3.63) is 59.7 Å². The number of methoxy groups -OCH3 is 2. The number of alkyl carbamates (subject to hydrolysis) is 1. The second-order valence-electron chi connectivity index (χ2n) is 5.96. The monoisotopic (exact) mass is 403 g/mol. The van der Waals surface area contributed by atoms with Crippen LogP contribution in [0.3, 0.4) is 0 Å². The molecular weight excluding hydrogens is 378 g/mol. The summed E-state index contributed by atoms with van der Waals surface area (Å²) in [6, 6.07) is 12.5. The topological polar surface area (TPSA) is 103 Å². The first-order valence-electron chi connectivity index (χ1n) is 9.04. The summed E-state index contributed by atoms with van der Waals surface area (Å²) in [5.74, 6) is -0.221. The third-order valence-electron chi connectivity index (χ3n) is 4.10. The fraction of sp³-hybridized carbons (Fsp3) is 0.333. The Hall–Kier alpha value is -3.26. The number of ether oxygens (including phenoxy) is 4. The largest absolute Gasteiger partial charge is 0.496 e. The van der Waals surface area contributed by atoms with Gasteiger partial charge < -0.3 is 29.4 Å². The van der Waals surface area contributed by atoms with Crippen molar-refractivity contribution in [2.45, 2.75) is 25.7 Å². The summed E-state index contributed by atoms with van der Waals surface area (Å²) in [5, 5.41) is 13.3. The van der Waals surface area contributed by atoms with E-state index in [9.17, 15) is 14.7 Å². The van der Waals surface area contributed by atoms with E-state index >= 15 is 0 Å². The first kappa shape index (κ1) is 22.0. The molecule has 0 saturated heterocycles. The second kappa shape index (κ2) is 10.9. The Labute approximate surface area is 169 Å². The third-order valence-corrected chi connectivity index (χ3v) is 4.10. The summed E-state index contributed by atoms with van der Waals surface area (Å²) in [5.41, 5.74) is 0.987. The maximum atomic E-state index is 12.4. The van der Waals surface area contributed by atoms with Gasteiger partial charge in [0.1, 0.15) is 24.2 Å². The molecule has 1 amide bonds. The van der Waals surface area contributed by atoms with E-state index in [2.05, 4.69) is 5.32 Å². The molecule has 156 valence electrons. The van der Waals surface area contributed by atoms with Crippen molar-refractivity contribution in [2.75, 3.05) is 20.8 Å². The number of benzene rings is 2. The van der Waals surface area contributed by atoms with Crippen molar-refractivity contribution in [3.63, 3.8) is 0 Å². The Morgan fingerprint density at radius 2 is 1.59 bits per heavy atom. The van der Waals surface area contributed by atoms with Crippen LogP contribution in [-0.4, -0.2) is 44.0 Å². The first-order chi connectivity index (χ1) is 14.0. The van der Waals surface area contributed by atoms with Crippen LogP contribution in [0.25, 0.3) is 0 Å². The normalized spacial score (nSPS) is 12.4.